The predicted molar refractivity (Wildman–Crippen MR) is 60.9 cm³/mol. The van der Waals surface area contributed by atoms with Gasteiger partial charge in [0.2, 0.25) is 0 Å². The monoisotopic (exact) mass is 210 g/mol. The van der Waals surface area contributed by atoms with E-state index in [1.807, 2.05) is 6.07 Å². The second kappa shape index (κ2) is 5.83. The highest BCUT2D eigenvalue weighted by Gasteiger charge is 2.07. The highest BCUT2D eigenvalue weighted by atomic mass is 19.1. The van der Waals surface area contributed by atoms with Crippen molar-refractivity contribution in [1.82, 2.24) is 5.32 Å². The third-order valence-electron chi connectivity index (χ3n) is 2.51. The van der Waals surface area contributed by atoms with E-state index in [1.54, 1.807) is 12.1 Å². The molecule has 0 fully saturated rings. The summed E-state index contributed by atoms with van der Waals surface area (Å²) in [6, 6.07) is 6.90. The van der Waals surface area contributed by atoms with E-state index in [2.05, 4.69) is 19.2 Å². The van der Waals surface area contributed by atoms with Gasteiger partial charge >= 0.3 is 0 Å². The minimum absolute atomic E-state index is 0.122. The van der Waals surface area contributed by atoms with Crippen molar-refractivity contribution in [3.8, 4) is 0 Å². The third-order valence-corrected chi connectivity index (χ3v) is 2.51. The van der Waals surface area contributed by atoms with Crippen molar-refractivity contribution in [2.45, 2.75) is 26.4 Å². The Balaban J connectivity index is 2.35. The van der Waals surface area contributed by atoms with E-state index in [4.69, 9.17) is 5.73 Å². The molecule has 1 aromatic rings. The van der Waals surface area contributed by atoms with Crippen molar-refractivity contribution < 1.29 is 4.39 Å². The molecule has 15 heavy (non-hydrogen) atoms. The number of hydrogen-bond acceptors (Lipinski definition) is 2. The molecule has 84 valence electrons. The molecule has 0 heterocycles. The van der Waals surface area contributed by atoms with Gasteiger partial charge < -0.3 is 11.1 Å². The molecule has 0 aliphatic heterocycles. The van der Waals surface area contributed by atoms with Crippen LogP contribution in [-0.2, 0) is 6.54 Å². The zero-order valence-corrected chi connectivity index (χ0v) is 9.33. The van der Waals surface area contributed by atoms with Crippen LogP contribution in [-0.4, -0.2) is 12.6 Å². The van der Waals surface area contributed by atoms with Crippen LogP contribution >= 0.6 is 0 Å². The van der Waals surface area contributed by atoms with Crippen LogP contribution in [0.1, 0.15) is 19.4 Å². The van der Waals surface area contributed by atoms with Gasteiger partial charge in [-0.05, 0) is 12.0 Å². The molecule has 1 unspecified atom stereocenters. The number of benzene rings is 1. The lowest BCUT2D eigenvalue weighted by molar-refractivity contribution is 0.455. The van der Waals surface area contributed by atoms with E-state index in [-0.39, 0.29) is 11.9 Å². The van der Waals surface area contributed by atoms with E-state index in [0.717, 1.165) is 0 Å². The Hall–Kier alpha value is -0.930. The summed E-state index contributed by atoms with van der Waals surface area (Å²) in [6.07, 6.45) is 0. The topological polar surface area (TPSA) is 38.0 Å². The first-order valence-corrected chi connectivity index (χ1v) is 5.31. The lowest BCUT2D eigenvalue weighted by Crippen LogP contribution is -2.37. The lowest BCUT2D eigenvalue weighted by atomic mass is 10.1. The molecule has 1 rings (SSSR count). The van der Waals surface area contributed by atoms with Gasteiger partial charge in [0.05, 0.1) is 0 Å². The van der Waals surface area contributed by atoms with Gasteiger partial charge in [0.15, 0.2) is 0 Å². The molecule has 3 N–H and O–H groups in total. The fraction of sp³-hybridized carbons (Fsp3) is 0.500. The molecule has 0 aromatic heterocycles. The third kappa shape index (κ3) is 3.98. The number of rotatable bonds is 5. The predicted octanol–water partition coefficient (Wildman–Crippen LogP) is 1.90. The fourth-order valence-electron chi connectivity index (χ4n) is 1.25. The molecule has 0 amide bonds. The summed E-state index contributed by atoms with van der Waals surface area (Å²) in [5, 5.41) is 3.16. The van der Waals surface area contributed by atoms with Crippen molar-refractivity contribution in [3.63, 3.8) is 0 Å². The van der Waals surface area contributed by atoms with Gasteiger partial charge in [-0.3, -0.25) is 0 Å². The largest absolute Gasteiger partial charge is 0.326 e. The molecule has 1 aromatic carbocycles. The summed E-state index contributed by atoms with van der Waals surface area (Å²) < 4.78 is 13.2. The van der Waals surface area contributed by atoms with Crippen LogP contribution in [0.25, 0.3) is 0 Å². The van der Waals surface area contributed by atoms with E-state index in [9.17, 15) is 4.39 Å². The summed E-state index contributed by atoms with van der Waals surface area (Å²) in [5.41, 5.74) is 6.55. The van der Waals surface area contributed by atoms with Crippen molar-refractivity contribution >= 4 is 0 Å². The Labute approximate surface area is 90.7 Å². The summed E-state index contributed by atoms with van der Waals surface area (Å²) in [6.45, 7) is 5.41. The lowest BCUT2D eigenvalue weighted by Gasteiger charge is -2.16. The zero-order valence-electron chi connectivity index (χ0n) is 9.33. The highest BCUT2D eigenvalue weighted by molar-refractivity contribution is 5.16. The molecule has 0 saturated heterocycles. The molecule has 1 atom stereocenters. The number of hydrogen-bond donors (Lipinski definition) is 2. The van der Waals surface area contributed by atoms with Crippen molar-refractivity contribution in [2.75, 3.05) is 6.54 Å². The smallest absolute Gasteiger partial charge is 0.127 e. The maximum Gasteiger partial charge on any atom is 0.127 e. The first-order chi connectivity index (χ1) is 7.11. The summed E-state index contributed by atoms with van der Waals surface area (Å²) in [7, 11) is 0. The van der Waals surface area contributed by atoms with Crippen LogP contribution in [0.5, 0.6) is 0 Å². The van der Waals surface area contributed by atoms with E-state index >= 15 is 0 Å². The maximum atomic E-state index is 13.2. The van der Waals surface area contributed by atoms with Crippen molar-refractivity contribution in [3.05, 3.63) is 35.6 Å². The first-order valence-electron chi connectivity index (χ1n) is 5.31. The Morgan fingerprint density at radius 2 is 2.00 bits per heavy atom. The normalized spacial score (nSPS) is 13.1. The van der Waals surface area contributed by atoms with Gasteiger partial charge in [-0.15, -0.1) is 0 Å². The second-order valence-electron chi connectivity index (χ2n) is 4.13. The number of nitrogens with two attached hydrogens (primary N) is 1. The van der Waals surface area contributed by atoms with Crippen LogP contribution < -0.4 is 11.1 Å². The Morgan fingerprint density at radius 1 is 1.33 bits per heavy atom. The van der Waals surface area contributed by atoms with Crippen LogP contribution in [0.3, 0.4) is 0 Å². The summed E-state index contributed by atoms with van der Waals surface area (Å²) >= 11 is 0. The van der Waals surface area contributed by atoms with Crippen LogP contribution in [0.4, 0.5) is 4.39 Å². The van der Waals surface area contributed by atoms with Gasteiger partial charge in [0.25, 0.3) is 0 Å². The molecule has 3 heteroatoms. The Kier molecular flexibility index (Phi) is 4.72. The SMILES string of the molecule is CC(C)C(N)CNCc1ccccc1F. The van der Waals surface area contributed by atoms with Crippen LogP contribution in [0, 0.1) is 11.7 Å². The molecule has 0 spiro atoms. The average Bonchev–Trinajstić information content (AvgIpc) is 2.20. The average molecular weight is 210 g/mol. The Morgan fingerprint density at radius 3 is 2.60 bits per heavy atom. The highest BCUT2D eigenvalue weighted by Crippen LogP contribution is 2.05. The Bertz CT molecular complexity index is 299. The van der Waals surface area contributed by atoms with Gasteiger partial charge in [-0.1, -0.05) is 32.0 Å². The molecular weight excluding hydrogens is 191 g/mol. The van der Waals surface area contributed by atoms with Crippen molar-refractivity contribution in [1.29, 1.82) is 0 Å². The fourth-order valence-corrected chi connectivity index (χ4v) is 1.25. The van der Waals surface area contributed by atoms with Gasteiger partial charge in [-0.2, -0.15) is 0 Å². The standard InChI is InChI=1S/C12H19FN2/c1-9(2)12(14)8-15-7-10-5-3-4-6-11(10)13/h3-6,9,12,15H,7-8,14H2,1-2H3. The summed E-state index contributed by atoms with van der Waals surface area (Å²) in [5.74, 6) is 0.279. The van der Waals surface area contributed by atoms with E-state index < -0.39 is 0 Å². The molecular formula is C12H19FN2. The van der Waals surface area contributed by atoms with Crippen LogP contribution in [0.15, 0.2) is 24.3 Å². The van der Waals surface area contributed by atoms with Crippen LogP contribution in [0.2, 0.25) is 0 Å². The first kappa shape index (κ1) is 12.1. The van der Waals surface area contributed by atoms with Gasteiger partial charge in [0.1, 0.15) is 5.82 Å². The van der Waals surface area contributed by atoms with Gasteiger partial charge in [0, 0.05) is 24.7 Å². The summed E-state index contributed by atoms with van der Waals surface area (Å²) in [4.78, 5) is 0. The molecule has 0 saturated carbocycles. The quantitative estimate of drug-likeness (QED) is 0.779. The second-order valence-corrected chi connectivity index (χ2v) is 4.13. The molecule has 0 aliphatic rings. The molecule has 2 nitrogen and oxygen atoms in total. The maximum absolute atomic E-state index is 13.2. The van der Waals surface area contributed by atoms with Crippen molar-refractivity contribution in [2.24, 2.45) is 11.7 Å². The minimum Gasteiger partial charge on any atom is -0.326 e. The number of nitrogens with one attached hydrogen (secondary N) is 1. The van der Waals surface area contributed by atoms with E-state index in [0.29, 0.717) is 24.6 Å². The van der Waals surface area contributed by atoms with E-state index in [1.165, 1.54) is 6.07 Å². The molecule has 0 bridgehead atoms. The zero-order chi connectivity index (χ0) is 11.3. The molecule has 0 radical (unpaired) electrons. The molecule has 0 aliphatic carbocycles. The van der Waals surface area contributed by atoms with Gasteiger partial charge in [-0.25, -0.2) is 4.39 Å². The minimum atomic E-state index is -0.164. The number of halogens is 1.